The van der Waals surface area contributed by atoms with Gasteiger partial charge < -0.3 is 5.32 Å². The molecule has 0 spiro atoms. The van der Waals surface area contributed by atoms with E-state index in [2.05, 4.69) is 17.3 Å². The van der Waals surface area contributed by atoms with Gasteiger partial charge in [-0.1, -0.05) is 20.3 Å². The van der Waals surface area contributed by atoms with Gasteiger partial charge in [-0.2, -0.15) is 5.10 Å². The van der Waals surface area contributed by atoms with Crippen LogP contribution in [-0.4, -0.2) is 21.2 Å². The van der Waals surface area contributed by atoms with Crippen LogP contribution >= 0.6 is 0 Å². The average molecular weight is 266 g/mol. The number of nitro groups is 1. The predicted molar refractivity (Wildman–Crippen MR) is 74.3 cm³/mol. The smallest absolute Gasteiger partial charge is 0.333 e. The molecule has 1 aromatic rings. The van der Waals surface area contributed by atoms with E-state index in [-0.39, 0.29) is 10.6 Å². The minimum Gasteiger partial charge on any atom is -0.364 e. The maximum Gasteiger partial charge on any atom is 0.333 e. The molecule has 106 valence electrons. The molecule has 0 bridgehead atoms. The fourth-order valence-electron chi connectivity index (χ4n) is 2.80. The van der Waals surface area contributed by atoms with Gasteiger partial charge >= 0.3 is 5.69 Å². The molecule has 0 radical (unpaired) electrons. The molecule has 0 aromatic carbocycles. The first-order valence-electron chi connectivity index (χ1n) is 6.97. The van der Waals surface area contributed by atoms with Crippen LogP contribution in [0, 0.1) is 15.5 Å². The minimum atomic E-state index is -0.326. The normalized spacial score (nSPS) is 17.0. The van der Waals surface area contributed by atoms with Gasteiger partial charge in [0.2, 0.25) is 5.82 Å². The zero-order valence-electron chi connectivity index (χ0n) is 11.9. The van der Waals surface area contributed by atoms with Crippen molar-refractivity contribution in [2.75, 3.05) is 11.9 Å². The molecule has 1 fully saturated rings. The summed E-state index contributed by atoms with van der Waals surface area (Å²) < 4.78 is 1.60. The Morgan fingerprint density at radius 3 is 2.58 bits per heavy atom. The molecule has 0 atom stereocenters. The molecular weight excluding hydrogens is 244 g/mol. The molecule has 1 aliphatic rings. The summed E-state index contributed by atoms with van der Waals surface area (Å²) in [5.41, 5.74) is 1.01. The van der Waals surface area contributed by atoms with E-state index in [4.69, 9.17) is 0 Å². The number of anilines is 1. The van der Waals surface area contributed by atoms with Crippen molar-refractivity contribution in [3.05, 3.63) is 15.8 Å². The van der Waals surface area contributed by atoms with E-state index in [1.54, 1.807) is 11.7 Å². The second kappa shape index (κ2) is 5.19. The van der Waals surface area contributed by atoms with Crippen LogP contribution in [0.3, 0.4) is 0 Å². The summed E-state index contributed by atoms with van der Waals surface area (Å²) in [6.07, 6.45) is 5.38. The Morgan fingerprint density at radius 2 is 2.16 bits per heavy atom. The largest absolute Gasteiger partial charge is 0.364 e. The van der Waals surface area contributed by atoms with Crippen molar-refractivity contribution in [3.8, 4) is 0 Å². The first kappa shape index (κ1) is 13.8. The van der Waals surface area contributed by atoms with Crippen LogP contribution < -0.4 is 5.32 Å². The third kappa shape index (κ3) is 2.43. The van der Waals surface area contributed by atoms with Crippen molar-refractivity contribution in [2.24, 2.45) is 12.5 Å². The molecule has 0 aliphatic heterocycles. The molecule has 1 saturated carbocycles. The third-order valence-corrected chi connectivity index (χ3v) is 4.40. The molecule has 2 rings (SSSR count). The van der Waals surface area contributed by atoms with Crippen LogP contribution in [-0.2, 0) is 13.5 Å². The van der Waals surface area contributed by atoms with E-state index >= 15 is 0 Å². The Hall–Kier alpha value is -1.59. The minimum absolute atomic E-state index is 0.135. The maximum atomic E-state index is 11.2. The van der Waals surface area contributed by atoms with Crippen LogP contribution in [0.2, 0.25) is 0 Å². The van der Waals surface area contributed by atoms with Crippen LogP contribution in [0.25, 0.3) is 0 Å². The molecule has 1 aromatic heterocycles. The van der Waals surface area contributed by atoms with Gasteiger partial charge in [-0.3, -0.25) is 10.1 Å². The van der Waals surface area contributed by atoms with Crippen molar-refractivity contribution < 1.29 is 4.92 Å². The second-order valence-corrected chi connectivity index (χ2v) is 5.44. The van der Waals surface area contributed by atoms with Crippen molar-refractivity contribution >= 4 is 11.5 Å². The highest BCUT2D eigenvalue weighted by Gasteiger charge is 2.36. The number of aryl methyl sites for hydroxylation is 2. The molecule has 1 heterocycles. The number of aromatic nitrogens is 2. The lowest BCUT2D eigenvalue weighted by molar-refractivity contribution is -0.384. The van der Waals surface area contributed by atoms with E-state index in [9.17, 15) is 10.1 Å². The number of hydrogen-bond acceptors (Lipinski definition) is 4. The van der Waals surface area contributed by atoms with Gasteiger partial charge in [0.25, 0.3) is 0 Å². The molecule has 0 unspecified atom stereocenters. The Labute approximate surface area is 113 Å². The van der Waals surface area contributed by atoms with Gasteiger partial charge in [0, 0.05) is 13.6 Å². The molecule has 1 aliphatic carbocycles. The Bertz CT molecular complexity index is 472. The van der Waals surface area contributed by atoms with Crippen LogP contribution in [0.15, 0.2) is 0 Å². The molecular formula is C13H22N4O2. The first-order chi connectivity index (χ1) is 9.03. The second-order valence-electron chi connectivity index (χ2n) is 5.44. The summed E-state index contributed by atoms with van der Waals surface area (Å²) >= 11 is 0. The average Bonchev–Trinajstić information content (AvgIpc) is 2.65. The number of nitrogens with one attached hydrogen (secondary N) is 1. The highest BCUT2D eigenvalue weighted by molar-refractivity contribution is 5.60. The summed E-state index contributed by atoms with van der Waals surface area (Å²) in [7, 11) is 1.76. The quantitative estimate of drug-likeness (QED) is 0.634. The van der Waals surface area contributed by atoms with E-state index in [1.165, 1.54) is 19.3 Å². The van der Waals surface area contributed by atoms with E-state index < -0.39 is 0 Å². The Morgan fingerprint density at radius 1 is 1.47 bits per heavy atom. The molecule has 1 N–H and O–H groups in total. The summed E-state index contributed by atoms with van der Waals surface area (Å²) in [4.78, 5) is 10.9. The zero-order valence-corrected chi connectivity index (χ0v) is 11.9. The lowest BCUT2D eigenvalue weighted by Gasteiger charge is -2.41. The van der Waals surface area contributed by atoms with Gasteiger partial charge in [0.1, 0.15) is 5.69 Å². The molecule has 19 heavy (non-hydrogen) atoms. The molecule has 0 amide bonds. The van der Waals surface area contributed by atoms with Crippen molar-refractivity contribution in [2.45, 2.75) is 46.0 Å². The summed E-state index contributed by atoms with van der Waals surface area (Å²) in [6, 6.07) is 0. The topological polar surface area (TPSA) is 73.0 Å². The molecule has 0 saturated heterocycles. The van der Waals surface area contributed by atoms with Gasteiger partial charge in [0.15, 0.2) is 0 Å². The maximum absolute atomic E-state index is 11.2. The number of nitrogens with zero attached hydrogens (tertiary/aromatic N) is 3. The van der Waals surface area contributed by atoms with Crippen molar-refractivity contribution in [1.29, 1.82) is 0 Å². The fraction of sp³-hybridized carbons (Fsp3) is 0.769. The Kier molecular flexibility index (Phi) is 3.78. The monoisotopic (exact) mass is 266 g/mol. The van der Waals surface area contributed by atoms with E-state index in [0.29, 0.717) is 23.3 Å². The SMILES string of the molecule is CCc1nn(C)c(NCC2(CC)CCC2)c1[N+](=O)[O-]. The highest BCUT2D eigenvalue weighted by Crippen LogP contribution is 2.44. The first-order valence-corrected chi connectivity index (χ1v) is 6.97. The number of rotatable bonds is 6. The van der Waals surface area contributed by atoms with Crippen LogP contribution in [0.5, 0.6) is 0 Å². The third-order valence-electron chi connectivity index (χ3n) is 4.40. The fourth-order valence-corrected chi connectivity index (χ4v) is 2.80. The van der Waals surface area contributed by atoms with Crippen LogP contribution in [0.1, 0.15) is 45.2 Å². The standard InChI is InChI=1S/C13H22N4O2/c1-4-10-11(17(18)19)12(16(3)15-10)14-9-13(5-2)7-6-8-13/h14H,4-9H2,1-3H3. The Balaban J connectivity index is 2.19. The van der Waals surface area contributed by atoms with E-state index in [0.717, 1.165) is 13.0 Å². The summed E-state index contributed by atoms with van der Waals surface area (Å²) in [5.74, 6) is 0.543. The molecule has 6 nitrogen and oxygen atoms in total. The van der Waals surface area contributed by atoms with Crippen LogP contribution in [0.4, 0.5) is 11.5 Å². The number of hydrogen-bond donors (Lipinski definition) is 1. The molecule has 6 heteroatoms. The van der Waals surface area contributed by atoms with Gasteiger partial charge in [-0.15, -0.1) is 0 Å². The lowest BCUT2D eigenvalue weighted by atomic mass is 9.67. The highest BCUT2D eigenvalue weighted by atomic mass is 16.6. The van der Waals surface area contributed by atoms with Crippen molar-refractivity contribution in [1.82, 2.24) is 9.78 Å². The van der Waals surface area contributed by atoms with E-state index in [1.807, 2.05) is 6.92 Å². The van der Waals surface area contributed by atoms with Gasteiger partial charge in [-0.05, 0) is 31.1 Å². The lowest BCUT2D eigenvalue weighted by Crippen LogP contribution is -2.36. The van der Waals surface area contributed by atoms with Gasteiger partial charge in [-0.25, -0.2) is 4.68 Å². The zero-order chi connectivity index (χ0) is 14.0. The summed E-state index contributed by atoms with van der Waals surface area (Å²) in [6.45, 7) is 4.88. The predicted octanol–water partition coefficient (Wildman–Crippen LogP) is 2.88. The summed E-state index contributed by atoms with van der Waals surface area (Å²) in [5, 5.41) is 18.7. The van der Waals surface area contributed by atoms with Crippen molar-refractivity contribution in [3.63, 3.8) is 0 Å². The van der Waals surface area contributed by atoms with Gasteiger partial charge in [0.05, 0.1) is 4.92 Å².